The smallest absolute Gasteiger partial charge is 0.326 e. The predicted octanol–water partition coefficient (Wildman–Crippen LogP) is 5.81. The fourth-order valence-corrected chi connectivity index (χ4v) is 4.57. The Morgan fingerprint density at radius 2 is 1.60 bits per heavy atom. The van der Waals surface area contributed by atoms with E-state index in [2.05, 4.69) is 33.0 Å². The highest BCUT2D eigenvalue weighted by molar-refractivity contribution is 6.04. The van der Waals surface area contributed by atoms with E-state index in [1.807, 2.05) is 42.5 Å². The van der Waals surface area contributed by atoms with Gasteiger partial charge in [-0.2, -0.15) is 0 Å². The summed E-state index contributed by atoms with van der Waals surface area (Å²) >= 11 is 0. The average Bonchev–Trinajstić information content (AvgIpc) is 2.75. The molecule has 2 amide bonds. The summed E-state index contributed by atoms with van der Waals surface area (Å²) in [5.74, 6) is -0.965. The minimum absolute atomic E-state index is 0.0436. The Kier molecular flexibility index (Phi) is 8.04. The maximum atomic E-state index is 13.5. The molecule has 1 unspecified atom stereocenters. The molecule has 188 valence electrons. The molecule has 2 aromatic rings. The molecule has 6 heteroatoms. The molecule has 1 aliphatic rings. The van der Waals surface area contributed by atoms with Crippen molar-refractivity contribution in [3.8, 4) is 0 Å². The highest BCUT2D eigenvalue weighted by Gasteiger charge is 2.36. The van der Waals surface area contributed by atoms with E-state index in [1.165, 1.54) is 4.90 Å². The molecule has 0 fully saturated rings. The van der Waals surface area contributed by atoms with Crippen LogP contribution in [0.5, 0.6) is 0 Å². The van der Waals surface area contributed by atoms with E-state index in [-0.39, 0.29) is 36.6 Å². The molecule has 3 rings (SSSR count). The number of nitrogens with one attached hydrogen (secondary N) is 1. The highest BCUT2D eigenvalue weighted by Crippen LogP contribution is 2.35. The number of hydrogen-bond acceptors (Lipinski definition) is 4. The van der Waals surface area contributed by atoms with E-state index in [0.29, 0.717) is 12.1 Å². The van der Waals surface area contributed by atoms with Crippen LogP contribution < -0.4 is 10.2 Å². The molecule has 1 aliphatic heterocycles. The van der Waals surface area contributed by atoms with Gasteiger partial charge in [0.25, 0.3) is 0 Å². The first-order valence-electron chi connectivity index (χ1n) is 12.4. The molecule has 1 atom stereocenters. The second-order valence-corrected chi connectivity index (χ2v) is 10.9. The second kappa shape index (κ2) is 10.6. The first-order valence-corrected chi connectivity index (χ1v) is 12.4. The van der Waals surface area contributed by atoms with Gasteiger partial charge in [-0.1, -0.05) is 64.1 Å². The highest BCUT2D eigenvalue weighted by atomic mass is 16.6. The fourth-order valence-electron chi connectivity index (χ4n) is 4.57. The monoisotopic (exact) mass is 478 g/mol. The largest absolute Gasteiger partial charge is 0.459 e. The summed E-state index contributed by atoms with van der Waals surface area (Å²) in [6, 6.07) is 13.6. The van der Waals surface area contributed by atoms with Gasteiger partial charge >= 0.3 is 5.97 Å². The van der Waals surface area contributed by atoms with E-state index >= 15 is 0 Å². The topological polar surface area (TPSA) is 75.7 Å². The van der Waals surface area contributed by atoms with Gasteiger partial charge in [0, 0.05) is 17.8 Å². The van der Waals surface area contributed by atoms with Gasteiger partial charge in [-0.25, -0.2) is 0 Å². The Morgan fingerprint density at radius 3 is 2.17 bits per heavy atom. The van der Waals surface area contributed by atoms with Crippen LogP contribution in [0.1, 0.15) is 83.4 Å². The third-order valence-electron chi connectivity index (χ3n) is 6.14. The Morgan fingerprint density at radius 1 is 1.00 bits per heavy atom. The van der Waals surface area contributed by atoms with Crippen molar-refractivity contribution < 1.29 is 19.1 Å². The Bertz CT molecular complexity index is 1070. The van der Waals surface area contributed by atoms with Crippen molar-refractivity contribution >= 4 is 29.2 Å². The Balaban J connectivity index is 1.83. The zero-order chi connectivity index (χ0) is 25.9. The lowest BCUT2D eigenvalue weighted by Gasteiger charge is -2.34. The summed E-state index contributed by atoms with van der Waals surface area (Å²) in [5.41, 5.74) is 4.00. The average molecular weight is 479 g/mol. The van der Waals surface area contributed by atoms with Gasteiger partial charge in [-0.3, -0.25) is 14.4 Å². The van der Waals surface area contributed by atoms with E-state index in [4.69, 9.17) is 4.74 Å². The molecule has 0 aliphatic carbocycles. The van der Waals surface area contributed by atoms with E-state index in [9.17, 15) is 14.4 Å². The summed E-state index contributed by atoms with van der Waals surface area (Å²) in [4.78, 5) is 40.7. The maximum Gasteiger partial charge on any atom is 0.326 e. The molecule has 35 heavy (non-hydrogen) atoms. The molecule has 0 aromatic heterocycles. The van der Waals surface area contributed by atoms with Crippen LogP contribution in [0.25, 0.3) is 0 Å². The van der Waals surface area contributed by atoms with Gasteiger partial charge in [0.1, 0.15) is 12.1 Å². The van der Waals surface area contributed by atoms with Crippen LogP contribution in [0.15, 0.2) is 42.5 Å². The number of carbonyl (C=O) groups is 3. The van der Waals surface area contributed by atoms with Crippen LogP contribution in [0.3, 0.4) is 0 Å². The molecule has 0 saturated carbocycles. The molecule has 1 heterocycles. The van der Waals surface area contributed by atoms with Gasteiger partial charge in [0.15, 0.2) is 0 Å². The third-order valence-corrected chi connectivity index (χ3v) is 6.14. The molecule has 0 spiro atoms. The molecule has 0 saturated heterocycles. The standard InChI is InChI=1S/C29H38N2O4/c1-18(2)22-12-10-13-23(19(3)4)27(22)30-25(32)16-21-15-20-11-8-9-14-24(20)31(28(21)34)17-26(33)35-29(5,6)7/h8-14,18-19,21H,15-17H2,1-7H3,(H,30,32). The lowest BCUT2D eigenvalue weighted by atomic mass is 9.88. The van der Waals surface area contributed by atoms with Gasteiger partial charge in [-0.05, 0) is 61.8 Å². The second-order valence-electron chi connectivity index (χ2n) is 10.9. The number of hydrogen-bond donors (Lipinski definition) is 1. The summed E-state index contributed by atoms with van der Waals surface area (Å²) in [6.45, 7) is 13.6. The normalized spacial score (nSPS) is 15.9. The summed E-state index contributed by atoms with van der Waals surface area (Å²) in [7, 11) is 0. The third kappa shape index (κ3) is 6.50. The van der Waals surface area contributed by atoms with Crippen LogP contribution in [-0.4, -0.2) is 29.9 Å². The zero-order valence-electron chi connectivity index (χ0n) is 22.0. The van der Waals surface area contributed by atoms with Gasteiger partial charge < -0.3 is 15.0 Å². The number of esters is 1. The quantitative estimate of drug-likeness (QED) is 0.510. The minimum atomic E-state index is -0.646. The van der Waals surface area contributed by atoms with Crippen molar-refractivity contribution in [1.29, 1.82) is 0 Å². The lowest BCUT2D eigenvalue weighted by molar-refractivity contribution is -0.153. The molecular weight excluding hydrogens is 440 g/mol. The van der Waals surface area contributed by atoms with Crippen LogP contribution in [0.4, 0.5) is 11.4 Å². The molecule has 6 nitrogen and oxygen atoms in total. The van der Waals surface area contributed by atoms with Crippen molar-refractivity contribution in [2.45, 2.75) is 78.7 Å². The van der Waals surface area contributed by atoms with Crippen molar-refractivity contribution in [2.75, 3.05) is 16.8 Å². The molecule has 0 bridgehead atoms. The summed E-state index contributed by atoms with van der Waals surface area (Å²) < 4.78 is 5.46. The van der Waals surface area contributed by atoms with Crippen molar-refractivity contribution in [1.82, 2.24) is 0 Å². The molecule has 2 aromatic carbocycles. The van der Waals surface area contributed by atoms with Gasteiger partial charge in [0.2, 0.25) is 11.8 Å². The van der Waals surface area contributed by atoms with Gasteiger partial charge in [0.05, 0.1) is 5.92 Å². The predicted molar refractivity (Wildman–Crippen MR) is 140 cm³/mol. The van der Waals surface area contributed by atoms with Crippen LogP contribution in [-0.2, 0) is 25.5 Å². The number of anilines is 2. The Labute approximate surface area is 209 Å². The van der Waals surface area contributed by atoms with Crippen LogP contribution >= 0.6 is 0 Å². The van der Waals surface area contributed by atoms with Crippen molar-refractivity contribution in [2.24, 2.45) is 5.92 Å². The SMILES string of the molecule is CC(C)c1cccc(C(C)C)c1NC(=O)CC1Cc2ccccc2N(CC(=O)OC(C)(C)C)C1=O. The zero-order valence-corrected chi connectivity index (χ0v) is 22.0. The number of rotatable bonds is 7. The molecule has 0 radical (unpaired) electrons. The van der Waals surface area contributed by atoms with Crippen LogP contribution in [0.2, 0.25) is 0 Å². The number of carbonyl (C=O) groups excluding carboxylic acids is 3. The van der Waals surface area contributed by atoms with Crippen LogP contribution in [0, 0.1) is 5.92 Å². The van der Waals surface area contributed by atoms with Crippen molar-refractivity contribution in [3.05, 3.63) is 59.2 Å². The van der Waals surface area contributed by atoms with E-state index in [1.54, 1.807) is 20.8 Å². The maximum absolute atomic E-state index is 13.5. The number of fused-ring (bicyclic) bond motifs is 1. The van der Waals surface area contributed by atoms with Crippen molar-refractivity contribution in [3.63, 3.8) is 0 Å². The lowest BCUT2D eigenvalue weighted by Crippen LogP contribution is -2.46. The number of ether oxygens (including phenoxy) is 1. The Hall–Kier alpha value is -3.15. The first-order chi connectivity index (χ1) is 16.4. The molecular formula is C29H38N2O4. The van der Waals surface area contributed by atoms with Gasteiger partial charge in [-0.15, -0.1) is 0 Å². The fraction of sp³-hybridized carbons (Fsp3) is 0.483. The number of benzene rings is 2. The minimum Gasteiger partial charge on any atom is -0.459 e. The number of para-hydroxylation sites is 2. The molecule has 1 N–H and O–H groups in total. The van der Waals surface area contributed by atoms with E-state index in [0.717, 1.165) is 22.4 Å². The summed E-state index contributed by atoms with van der Waals surface area (Å²) in [6.07, 6.45) is 0.498. The summed E-state index contributed by atoms with van der Waals surface area (Å²) in [5, 5.41) is 3.12. The number of amides is 2. The first kappa shape index (κ1) is 26.5. The van der Waals surface area contributed by atoms with E-state index < -0.39 is 17.5 Å². The number of nitrogens with zero attached hydrogens (tertiary/aromatic N) is 1.